The van der Waals surface area contributed by atoms with Crippen molar-refractivity contribution in [3.05, 3.63) is 33.8 Å². The maximum atomic E-state index is 10.7. The van der Waals surface area contributed by atoms with Crippen LogP contribution in [0, 0.1) is 11.3 Å². The largest absolute Gasteiger partial charge is 0.478 e. The minimum Gasteiger partial charge on any atom is -0.478 e. The van der Waals surface area contributed by atoms with Crippen molar-refractivity contribution in [3.63, 3.8) is 0 Å². The molecule has 0 unspecified atom stereocenters. The molecule has 0 radical (unpaired) electrons. The number of nitriles is 1. The van der Waals surface area contributed by atoms with Crippen LogP contribution in [0.15, 0.2) is 12.1 Å². The maximum Gasteiger partial charge on any atom is 0.337 e. The van der Waals surface area contributed by atoms with Crippen LogP contribution in [0.5, 0.6) is 0 Å². The predicted octanol–water partition coefficient (Wildman–Crippen LogP) is 2.80. The number of nitrogens with zero attached hydrogens (tertiary/aromatic N) is 1. The van der Waals surface area contributed by atoms with Gasteiger partial charge >= 0.3 is 5.97 Å². The molecule has 1 aromatic rings. The summed E-state index contributed by atoms with van der Waals surface area (Å²) in [5.41, 5.74) is 0.846. The summed E-state index contributed by atoms with van der Waals surface area (Å²) in [6, 6.07) is 4.85. The molecule has 0 spiro atoms. The number of rotatable bonds is 2. The molecule has 0 bridgehead atoms. The first-order valence-corrected chi connectivity index (χ1v) is 5.12. The second-order valence-electron chi connectivity index (χ2n) is 2.51. The van der Waals surface area contributed by atoms with E-state index in [9.17, 15) is 4.79 Å². The second kappa shape index (κ2) is 4.45. The molecule has 0 saturated carbocycles. The fraction of sp³-hybridized carbons (Fsp3) is 0.111. The molecule has 0 saturated heterocycles. The molecule has 0 aromatic heterocycles. The summed E-state index contributed by atoms with van der Waals surface area (Å²) in [5.74, 6) is -1.13. The highest BCUT2D eigenvalue weighted by molar-refractivity contribution is 9.08. The van der Waals surface area contributed by atoms with E-state index in [1.54, 1.807) is 6.07 Å². The van der Waals surface area contributed by atoms with Crippen molar-refractivity contribution in [2.24, 2.45) is 0 Å². The van der Waals surface area contributed by atoms with E-state index in [2.05, 4.69) is 15.9 Å². The summed E-state index contributed by atoms with van der Waals surface area (Å²) in [4.78, 5) is 10.7. The van der Waals surface area contributed by atoms with Crippen molar-refractivity contribution >= 4 is 33.5 Å². The molecule has 14 heavy (non-hydrogen) atoms. The van der Waals surface area contributed by atoms with Crippen molar-refractivity contribution in [2.75, 3.05) is 0 Å². The van der Waals surface area contributed by atoms with Crippen molar-refractivity contribution < 1.29 is 9.90 Å². The molecule has 0 atom stereocenters. The summed E-state index contributed by atoms with van der Waals surface area (Å²) >= 11 is 8.95. The van der Waals surface area contributed by atoms with Crippen molar-refractivity contribution in [2.45, 2.75) is 5.33 Å². The number of carboxylic acids is 1. The SMILES string of the molecule is N#Cc1c(CBr)ccc(C(=O)O)c1Cl. The molecule has 1 rings (SSSR count). The molecule has 3 nitrogen and oxygen atoms in total. The van der Waals surface area contributed by atoms with E-state index >= 15 is 0 Å². The minimum atomic E-state index is -1.13. The first kappa shape index (κ1) is 11.0. The van der Waals surface area contributed by atoms with Crippen LogP contribution >= 0.6 is 27.5 Å². The molecule has 0 fully saturated rings. The van der Waals surface area contributed by atoms with E-state index in [-0.39, 0.29) is 16.1 Å². The molecule has 0 aliphatic heterocycles. The molecule has 0 aliphatic carbocycles. The predicted molar refractivity (Wildman–Crippen MR) is 55.8 cm³/mol. The number of carboxylic acid groups (broad SMARTS) is 1. The first-order valence-electron chi connectivity index (χ1n) is 3.62. The molecule has 0 aliphatic rings. The highest BCUT2D eigenvalue weighted by Crippen LogP contribution is 2.25. The molecule has 5 heteroatoms. The Morgan fingerprint density at radius 1 is 1.64 bits per heavy atom. The van der Waals surface area contributed by atoms with Crippen LogP contribution in [0.1, 0.15) is 21.5 Å². The third-order valence-corrected chi connectivity index (χ3v) is 2.71. The number of carbonyl (C=O) groups is 1. The fourth-order valence-electron chi connectivity index (χ4n) is 1.01. The normalized spacial score (nSPS) is 9.50. The van der Waals surface area contributed by atoms with Gasteiger partial charge in [0.05, 0.1) is 16.1 Å². The summed E-state index contributed by atoms with van der Waals surface area (Å²) < 4.78 is 0. The third-order valence-electron chi connectivity index (χ3n) is 1.71. The highest BCUT2D eigenvalue weighted by atomic mass is 79.9. The quantitative estimate of drug-likeness (QED) is 0.844. The van der Waals surface area contributed by atoms with E-state index in [1.807, 2.05) is 6.07 Å². The summed E-state index contributed by atoms with van der Waals surface area (Å²) in [6.45, 7) is 0. The van der Waals surface area contributed by atoms with E-state index < -0.39 is 5.97 Å². The van der Waals surface area contributed by atoms with Gasteiger partial charge in [0, 0.05) is 5.33 Å². The van der Waals surface area contributed by atoms with Gasteiger partial charge in [-0.2, -0.15) is 5.26 Å². The van der Waals surface area contributed by atoms with E-state index in [4.69, 9.17) is 22.0 Å². The smallest absolute Gasteiger partial charge is 0.337 e. The standard InChI is InChI=1S/C9H5BrClNO2/c10-3-5-1-2-6(9(13)14)8(11)7(5)4-12/h1-2H,3H2,(H,13,14). The lowest BCUT2D eigenvalue weighted by Crippen LogP contribution is -2.00. The molecular formula is C9H5BrClNO2. The van der Waals surface area contributed by atoms with Crippen molar-refractivity contribution in [1.82, 2.24) is 0 Å². The lowest BCUT2D eigenvalue weighted by atomic mass is 10.1. The van der Waals surface area contributed by atoms with Gasteiger partial charge in [-0.25, -0.2) is 4.79 Å². The third kappa shape index (κ3) is 1.89. The lowest BCUT2D eigenvalue weighted by molar-refractivity contribution is 0.0697. The van der Waals surface area contributed by atoms with Crippen LogP contribution in [-0.2, 0) is 5.33 Å². The van der Waals surface area contributed by atoms with Gasteiger partial charge < -0.3 is 5.11 Å². The Kier molecular flexibility index (Phi) is 3.50. The summed E-state index contributed by atoms with van der Waals surface area (Å²) in [5, 5.41) is 18.0. The van der Waals surface area contributed by atoms with Gasteiger partial charge in [0.2, 0.25) is 0 Å². The molecule has 1 aromatic carbocycles. The van der Waals surface area contributed by atoms with E-state index in [0.717, 1.165) is 0 Å². The van der Waals surface area contributed by atoms with E-state index in [0.29, 0.717) is 10.9 Å². The van der Waals surface area contributed by atoms with Gasteiger partial charge in [-0.1, -0.05) is 33.6 Å². The van der Waals surface area contributed by atoms with Gasteiger partial charge in [-0.15, -0.1) is 0 Å². The molecule has 0 heterocycles. The van der Waals surface area contributed by atoms with Gasteiger partial charge in [-0.3, -0.25) is 0 Å². The molecule has 1 N–H and O–H groups in total. The highest BCUT2D eigenvalue weighted by Gasteiger charge is 2.15. The van der Waals surface area contributed by atoms with Crippen LogP contribution in [0.2, 0.25) is 5.02 Å². The Bertz CT molecular complexity index is 426. The average Bonchev–Trinajstić information content (AvgIpc) is 2.16. The van der Waals surface area contributed by atoms with Gasteiger partial charge in [0.15, 0.2) is 0 Å². The number of benzene rings is 1. The number of halogens is 2. The minimum absolute atomic E-state index is 0.00282. The van der Waals surface area contributed by atoms with Gasteiger partial charge in [0.25, 0.3) is 0 Å². The van der Waals surface area contributed by atoms with Gasteiger partial charge in [-0.05, 0) is 11.6 Å². The molecular weight excluding hydrogens is 269 g/mol. The van der Waals surface area contributed by atoms with Crippen LogP contribution in [0.25, 0.3) is 0 Å². The Balaban J connectivity index is 3.44. The van der Waals surface area contributed by atoms with Crippen molar-refractivity contribution in [1.29, 1.82) is 5.26 Å². The maximum absolute atomic E-state index is 10.7. The van der Waals surface area contributed by atoms with Gasteiger partial charge in [0.1, 0.15) is 6.07 Å². The van der Waals surface area contributed by atoms with Crippen LogP contribution in [0.4, 0.5) is 0 Å². The second-order valence-corrected chi connectivity index (χ2v) is 3.45. The number of hydrogen-bond acceptors (Lipinski definition) is 2. The Hall–Kier alpha value is -1.05. The zero-order chi connectivity index (χ0) is 10.7. The number of hydrogen-bond donors (Lipinski definition) is 1. The Morgan fingerprint density at radius 3 is 2.71 bits per heavy atom. The Morgan fingerprint density at radius 2 is 2.29 bits per heavy atom. The van der Waals surface area contributed by atoms with Crippen molar-refractivity contribution in [3.8, 4) is 6.07 Å². The van der Waals surface area contributed by atoms with Crippen LogP contribution < -0.4 is 0 Å². The van der Waals surface area contributed by atoms with Crippen LogP contribution in [0.3, 0.4) is 0 Å². The first-order chi connectivity index (χ1) is 6.61. The number of alkyl halides is 1. The monoisotopic (exact) mass is 273 g/mol. The van der Waals surface area contributed by atoms with E-state index in [1.165, 1.54) is 6.07 Å². The topological polar surface area (TPSA) is 61.1 Å². The zero-order valence-corrected chi connectivity index (χ0v) is 9.26. The summed E-state index contributed by atoms with van der Waals surface area (Å²) in [6.07, 6.45) is 0. The molecule has 72 valence electrons. The fourth-order valence-corrected chi connectivity index (χ4v) is 1.79. The summed E-state index contributed by atoms with van der Waals surface area (Å²) in [7, 11) is 0. The Labute approximate surface area is 94.0 Å². The van der Waals surface area contributed by atoms with Crippen LogP contribution in [-0.4, -0.2) is 11.1 Å². The number of aromatic carboxylic acids is 1. The lowest BCUT2D eigenvalue weighted by Gasteiger charge is -2.04. The molecule has 0 amide bonds. The zero-order valence-electron chi connectivity index (χ0n) is 6.92. The average molecular weight is 275 g/mol.